The van der Waals surface area contributed by atoms with Crippen LogP contribution in [0, 0.1) is 5.92 Å². The minimum absolute atomic E-state index is 0.0794. The van der Waals surface area contributed by atoms with Crippen LogP contribution >= 0.6 is 11.6 Å². The maximum atomic E-state index is 13.3. The second-order valence-electron chi connectivity index (χ2n) is 7.42. The number of ether oxygens (including phenoxy) is 2. The van der Waals surface area contributed by atoms with Crippen LogP contribution in [0.1, 0.15) is 36.2 Å². The SMILES string of the molecule is CCOC(=O)C(CC)OC(=O)C(Cc1cc(=O)[nH]c2ccccc12)C(=O)c1ccc(Cl)cc1. The van der Waals surface area contributed by atoms with E-state index in [1.54, 1.807) is 50.2 Å². The number of pyridine rings is 1. The predicted octanol–water partition coefficient (Wildman–Crippen LogP) is 4.11. The van der Waals surface area contributed by atoms with E-state index in [0.717, 1.165) is 0 Å². The largest absolute Gasteiger partial charge is 0.463 e. The quantitative estimate of drug-likeness (QED) is 0.287. The van der Waals surface area contributed by atoms with Gasteiger partial charge in [0.05, 0.1) is 6.61 Å². The van der Waals surface area contributed by atoms with E-state index in [0.29, 0.717) is 21.5 Å². The topological polar surface area (TPSA) is 103 Å². The number of carbonyl (C=O) groups excluding carboxylic acids is 3. The minimum atomic E-state index is -1.28. The second-order valence-corrected chi connectivity index (χ2v) is 7.85. The zero-order chi connectivity index (χ0) is 24.0. The maximum Gasteiger partial charge on any atom is 0.347 e. The molecule has 0 bridgehead atoms. The Balaban J connectivity index is 1.99. The van der Waals surface area contributed by atoms with Gasteiger partial charge in [-0.3, -0.25) is 14.4 Å². The van der Waals surface area contributed by atoms with Gasteiger partial charge in [-0.1, -0.05) is 36.7 Å². The monoisotopic (exact) mass is 469 g/mol. The van der Waals surface area contributed by atoms with Crippen molar-refractivity contribution in [2.75, 3.05) is 6.61 Å². The summed E-state index contributed by atoms with van der Waals surface area (Å²) in [6.45, 7) is 3.46. The number of hydrogen-bond acceptors (Lipinski definition) is 6. The highest BCUT2D eigenvalue weighted by molar-refractivity contribution is 6.30. The Morgan fingerprint density at radius 2 is 1.70 bits per heavy atom. The summed E-state index contributed by atoms with van der Waals surface area (Å²) in [7, 11) is 0. The highest BCUT2D eigenvalue weighted by Crippen LogP contribution is 2.23. The fourth-order valence-corrected chi connectivity index (χ4v) is 3.65. The lowest BCUT2D eigenvalue weighted by Crippen LogP contribution is -2.35. The highest BCUT2D eigenvalue weighted by atomic mass is 35.5. The van der Waals surface area contributed by atoms with Gasteiger partial charge in [0.25, 0.3) is 0 Å². The third-order valence-corrected chi connectivity index (χ3v) is 5.42. The second kappa shape index (κ2) is 10.9. The van der Waals surface area contributed by atoms with Crippen LogP contribution in [-0.4, -0.2) is 35.4 Å². The minimum Gasteiger partial charge on any atom is -0.463 e. The van der Waals surface area contributed by atoms with Crippen LogP contribution in [0.4, 0.5) is 0 Å². The molecule has 0 saturated carbocycles. The van der Waals surface area contributed by atoms with Crippen LogP contribution < -0.4 is 5.56 Å². The lowest BCUT2D eigenvalue weighted by molar-refractivity contribution is -0.169. The zero-order valence-corrected chi connectivity index (χ0v) is 19.1. The van der Waals surface area contributed by atoms with Crippen molar-refractivity contribution < 1.29 is 23.9 Å². The number of fused-ring (bicyclic) bond motifs is 1. The molecule has 3 rings (SSSR count). The molecule has 172 valence electrons. The molecule has 2 atom stereocenters. The average Bonchev–Trinajstić information content (AvgIpc) is 2.80. The summed E-state index contributed by atoms with van der Waals surface area (Å²) in [5.41, 5.74) is 1.01. The number of halogens is 1. The molecule has 33 heavy (non-hydrogen) atoms. The number of para-hydroxylation sites is 1. The molecule has 8 heteroatoms. The number of esters is 2. The number of hydrogen-bond donors (Lipinski definition) is 1. The number of aromatic amines is 1. The lowest BCUT2D eigenvalue weighted by Gasteiger charge is -2.20. The smallest absolute Gasteiger partial charge is 0.347 e. The van der Waals surface area contributed by atoms with Crippen molar-refractivity contribution in [3.63, 3.8) is 0 Å². The van der Waals surface area contributed by atoms with Crippen molar-refractivity contribution in [1.29, 1.82) is 0 Å². The van der Waals surface area contributed by atoms with Gasteiger partial charge < -0.3 is 14.5 Å². The van der Waals surface area contributed by atoms with E-state index >= 15 is 0 Å². The Hall–Kier alpha value is -3.45. The van der Waals surface area contributed by atoms with Crippen molar-refractivity contribution in [2.24, 2.45) is 5.92 Å². The van der Waals surface area contributed by atoms with Gasteiger partial charge in [0.1, 0.15) is 5.92 Å². The predicted molar refractivity (Wildman–Crippen MR) is 124 cm³/mol. The van der Waals surface area contributed by atoms with Crippen LogP contribution in [0.15, 0.2) is 59.4 Å². The normalized spacial score (nSPS) is 12.7. The maximum absolute atomic E-state index is 13.3. The first kappa shape index (κ1) is 24.2. The molecule has 0 aliphatic heterocycles. The molecule has 0 saturated heterocycles. The number of ketones is 1. The summed E-state index contributed by atoms with van der Waals surface area (Å²) in [5, 5.41) is 1.15. The van der Waals surface area contributed by atoms with Crippen molar-refractivity contribution in [2.45, 2.75) is 32.8 Å². The van der Waals surface area contributed by atoms with E-state index < -0.39 is 29.7 Å². The molecule has 3 aromatic rings. The van der Waals surface area contributed by atoms with Crippen LogP contribution in [-0.2, 0) is 25.5 Å². The van der Waals surface area contributed by atoms with Crippen molar-refractivity contribution in [3.8, 4) is 0 Å². The summed E-state index contributed by atoms with van der Waals surface area (Å²) in [5.74, 6) is -3.31. The van der Waals surface area contributed by atoms with Crippen LogP contribution in [0.2, 0.25) is 5.02 Å². The molecule has 2 unspecified atom stereocenters. The molecule has 0 radical (unpaired) electrons. The molecule has 1 aromatic heterocycles. The van der Waals surface area contributed by atoms with E-state index in [2.05, 4.69) is 4.98 Å². The van der Waals surface area contributed by atoms with Crippen LogP contribution in [0.25, 0.3) is 10.9 Å². The first-order chi connectivity index (χ1) is 15.8. The summed E-state index contributed by atoms with van der Waals surface area (Å²) in [6, 6.07) is 14.6. The number of H-pyrrole nitrogens is 1. The Morgan fingerprint density at radius 1 is 1.00 bits per heavy atom. The number of benzene rings is 2. The van der Waals surface area contributed by atoms with Crippen LogP contribution in [0.3, 0.4) is 0 Å². The van der Waals surface area contributed by atoms with Crippen LogP contribution in [0.5, 0.6) is 0 Å². The van der Waals surface area contributed by atoms with Gasteiger partial charge in [-0.2, -0.15) is 0 Å². The third kappa shape index (κ3) is 5.87. The lowest BCUT2D eigenvalue weighted by atomic mass is 9.90. The van der Waals surface area contributed by atoms with E-state index in [4.69, 9.17) is 21.1 Å². The van der Waals surface area contributed by atoms with Gasteiger partial charge in [0.15, 0.2) is 11.9 Å². The molecule has 0 amide bonds. The Labute approximate surface area is 195 Å². The van der Waals surface area contributed by atoms with Gasteiger partial charge in [0.2, 0.25) is 5.56 Å². The summed E-state index contributed by atoms with van der Waals surface area (Å²) in [4.78, 5) is 53.6. The Bertz CT molecular complexity index is 1220. The van der Waals surface area contributed by atoms with Gasteiger partial charge in [-0.25, -0.2) is 4.79 Å². The highest BCUT2D eigenvalue weighted by Gasteiger charge is 2.33. The molecule has 0 spiro atoms. The molecule has 2 aromatic carbocycles. The van der Waals surface area contributed by atoms with Crippen molar-refractivity contribution >= 4 is 40.2 Å². The summed E-state index contributed by atoms with van der Waals surface area (Å²) in [6.07, 6.45) is -1.02. The van der Waals surface area contributed by atoms with Crippen molar-refractivity contribution in [3.05, 3.63) is 81.1 Å². The molecule has 1 heterocycles. The van der Waals surface area contributed by atoms with E-state index in [-0.39, 0.29) is 30.6 Å². The van der Waals surface area contributed by atoms with Gasteiger partial charge >= 0.3 is 11.9 Å². The van der Waals surface area contributed by atoms with E-state index in [1.807, 2.05) is 0 Å². The van der Waals surface area contributed by atoms with Crippen molar-refractivity contribution in [1.82, 2.24) is 4.98 Å². The Kier molecular flexibility index (Phi) is 8.01. The number of carbonyl (C=O) groups is 3. The van der Waals surface area contributed by atoms with Gasteiger partial charge in [-0.15, -0.1) is 0 Å². The number of aromatic nitrogens is 1. The zero-order valence-electron chi connectivity index (χ0n) is 18.3. The third-order valence-electron chi connectivity index (χ3n) is 5.17. The molecule has 0 aliphatic rings. The first-order valence-corrected chi connectivity index (χ1v) is 11.0. The molecular weight excluding hydrogens is 446 g/mol. The Morgan fingerprint density at radius 3 is 2.36 bits per heavy atom. The van der Waals surface area contributed by atoms with E-state index in [9.17, 15) is 19.2 Å². The fourth-order valence-electron chi connectivity index (χ4n) is 3.52. The fraction of sp³-hybridized carbons (Fsp3) is 0.280. The molecule has 1 N–H and O–H groups in total. The van der Waals surface area contributed by atoms with Gasteiger partial charge in [-0.05, 0) is 55.7 Å². The number of Topliss-reactive ketones (excluding diaryl/α,β-unsaturated/α-hetero) is 1. The van der Waals surface area contributed by atoms with E-state index in [1.165, 1.54) is 18.2 Å². The standard InChI is InChI=1S/C25H24ClNO6/c1-3-21(25(31)32-4-2)33-24(30)19(23(29)15-9-11-17(26)12-10-15)13-16-14-22(28)27-20-8-6-5-7-18(16)20/h5-12,14,19,21H,3-4,13H2,1-2H3,(H,27,28). The average molecular weight is 470 g/mol. The molecular formula is C25H24ClNO6. The summed E-state index contributed by atoms with van der Waals surface area (Å²) >= 11 is 5.93. The molecule has 0 aliphatic carbocycles. The number of nitrogens with one attached hydrogen (secondary N) is 1. The first-order valence-electron chi connectivity index (χ1n) is 10.6. The molecule has 7 nitrogen and oxygen atoms in total. The summed E-state index contributed by atoms with van der Waals surface area (Å²) < 4.78 is 10.4. The number of rotatable bonds is 9. The van der Waals surface area contributed by atoms with Gasteiger partial charge in [0, 0.05) is 27.6 Å². The molecule has 0 fully saturated rings.